The van der Waals surface area contributed by atoms with Crippen LogP contribution in [0.3, 0.4) is 0 Å². The molecule has 0 aliphatic heterocycles. The van der Waals surface area contributed by atoms with Crippen LogP contribution in [0.15, 0.2) is 36.4 Å². The lowest BCUT2D eigenvalue weighted by Crippen LogP contribution is -2.13. The summed E-state index contributed by atoms with van der Waals surface area (Å²) in [6, 6.07) is 9.34. The highest BCUT2D eigenvalue weighted by Gasteiger charge is 2.18. The van der Waals surface area contributed by atoms with E-state index in [-0.39, 0.29) is 5.69 Å². The van der Waals surface area contributed by atoms with Gasteiger partial charge in [0.2, 0.25) is 0 Å². The quantitative estimate of drug-likeness (QED) is 0.552. The van der Waals surface area contributed by atoms with E-state index in [4.69, 9.17) is 9.47 Å². The van der Waals surface area contributed by atoms with E-state index in [0.29, 0.717) is 27.7 Å². The van der Waals surface area contributed by atoms with E-state index in [1.54, 1.807) is 24.3 Å². The van der Waals surface area contributed by atoms with Crippen molar-refractivity contribution in [2.45, 2.75) is 0 Å². The number of carbonyl (C=O) groups excluding carboxylic acids is 1. The van der Waals surface area contributed by atoms with Crippen LogP contribution in [0.1, 0.15) is 10.4 Å². The maximum absolute atomic E-state index is 12.5. The molecule has 0 radical (unpaired) electrons. The molecule has 128 valence electrons. The lowest BCUT2D eigenvalue weighted by molar-refractivity contribution is -0.384. The topological polar surface area (TPSA) is 104 Å². The molecule has 0 saturated heterocycles. The Bertz CT molecular complexity index is 970. The fraction of sp³-hybridized carbons (Fsp3) is 0.125. The molecule has 0 spiro atoms. The van der Waals surface area contributed by atoms with Gasteiger partial charge in [-0.25, -0.2) is 4.98 Å². The van der Waals surface area contributed by atoms with E-state index in [2.05, 4.69) is 10.3 Å². The number of hydrogen-bond donors (Lipinski definition) is 1. The second kappa shape index (κ2) is 6.73. The molecule has 25 heavy (non-hydrogen) atoms. The van der Waals surface area contributed by atoms with Gasteiger partial charge >= 0.3 is 0 Å². The van der Waals surface area contributed by atoms with Crippen molar-refractivity contribution in [2.75, 3.05) is 19.5 Å². The van der Waals surface area contributed by atoms with Gasteiger partial charge in [-0.3, -0.25) is 20.2 Å². The molecular weight excluding hydrogens is 346 g/mol. The zero-order valence-corrected chi connectivity index (χ0v) is 14.1. The van der Waals surface area contributed by atoms with Gasteiger partial charge in [0.05, 0.1) is 34.9 Å². The number of ether oxygens (including phenoxy) is 2. The lowest BCUT2D eigenvalue weighted by Gasteiger charge is -2.11. The van der Waals surface area contributed by atoms with E-state index in [1.807, 2.05) is 0 Å². The number of methoxy groups -OCH3 is 2. The van der Waals surface area contributed by atoms with E-state index >= 15 is 0 Å². The van der Waals surface area contributed by atoms with Gasteiger partial charge in [0.1, 0.15) is 0 Å². The number of aromatic nitrogens is 1. The Morgan fingerprint density at radius 3 is 2.72 bits per heavy atom. The van der Waals surface area contributed by atoms with Crippen molar-refractivity contribution in [3.63, 3.8) is 0 Å². The first-order valence-corrected chi connectivity index (χ1v) is 7.92. The fourth-order valence-corrected chi connectivity index (χ4v) is 3.15. The van der Waals surface area contributed by atoms with Crippen molar-refractivity contribution in [3.05, 3.63) is 52.1 Å². The van der Waals surface area contributed by atoms with E-state index in [0.717, 1.165) is 4.70 Å². The van der Waals surface area contributed by atoms with Crippen molar-refractivity contribution < 1.29 is 19.2 Å². The van der Waals surface area contributed by atoms with Crippen molar-refractivity contribution in [3.8, 4) is 11.5 Å². The third-order valence-electron chi connectivity index (χ3n) is 3.45. The molecule has 3 aromatic rings. The first kappa shape index (κ1) is 16.7. The second-order valence-electron chi connectivity index (χ2n) is 4.92. The van der Waals surface area contributed by atoms with E-state index in [1.165, 1.54) is 37.7 Å². The number of nitro benzene ring substituents is 1. The van der Waals surface area contributed by atoms with Gasteiger partial charge in [-0.15, -0.1) is 0 Å². The highest BCUT2D eigenvalue weighted by molar-refractivity contribution is 7.22. The summed E-state index contributed by atoms with van der Waals surface area (Å²) in [5.74, 6) is 0.346. The largest absolute Gasteiger partial charge is 0.493 e. The van der Waals surface area contributed by atoms with Gasteiger partial charge in [-0.2, -0.15) is 0 Å². The molecular formula is C16H13N3O5S. The molecule has 0 bridgehead atoms. The summed E-state index contributed by atoms with van der Waals surface area (Å²) in [7, 11) is 2.94. The summed E-state index contributed by atoms with van der Waals surface area (Å²) in [6.45, 7) is 0. The van der Waals surface area contributed by atoms with Crippen LogP contribution in [0.4, 0.5) is 10.8 Å². The number of thiazole rings is 1. The van der Waals surface area contributed by atoms with Crippen molar-refractivity contribution >= 4 is 38.3 Å². The molecule has 0 saturated carbocycles. The first-order valence-electron chi connectivity index (χ1n) is 7.11. The number of rotatable bonds is 5. The van der Waals surface area contributed by atoms with Gasteiger partial charge in [0, 0.05) is 12.1 Å². The molecule has 1 N–H and O–H groups in total. The monoisotopic (exact) mass is 359 g/mol. The van der Waals surface area contributed by atoms with E-state index < -0.39 is 10.8 Å². The molecule has 2 aromatic carbocycles. The summed E-state index contributed by atoms with van der Waals surface area (Å²) in [5, 5.41) is 13.9. The van der Waals surface area contributed by atoms with Crippen LogP contribution >= 0.6 is 11.3 Å². The number of benzene rings is 2. The highest BCUT2D eigenvalue weighted by Crippen LogP contribution is 2.33. The predicted molar refractivity (Wildman–Crippen MR) is 93.8 cm³/mol. The molecule has 0 unspecified atom stereocenters. The van der Waals surface area contributed by atoms with Crippen molar-refractivity contribution in [1.82, 2.24) is 4.98 Å². The minimum atomic E-state index is -0.488. The lowest BCUT2D eigenvalue weighted by atomic mass is 10.1. The minimum Gasteiger partial charge on any atom is -0.493 e. The molecule has 0 fully saturated rings. The second-order valence-corrected chi connectivity index (χ2v) is 5.95. The fourth-order valence-electron chi connectivity index (χ4n) is 2.31. The summed E-state index contributed by atoms with van der Waals surface area (Å²) < 4.78 is 11.2. The number of nitrogens with zero attached hydrogens (tertiary/aromatic N) is 2. The molecule has 1 aromatic heterocycles. The number of nitrogens with one attached hydrogen (secondary N) is 1. The average molecular weight is 359 g/mol. The SMILES string of the molecule is COc1cccc(C(=O)Nc2nc3cc([N+](=O)[O-])ccc3s2)c1OC. The number of para-hydroxylation sites is 1. The molecule has 1 amide bonds. The number of hydrogen-bond acceptors (Lipinski definition) is 7. The summed E-state index contributed by atoms with van der Waals surface area (Å²) in [4.78, 5) is 27.1. The summed E-state index contributed by atoms with van der Waals surface area (Å²) >= 11 is 1.23. The number of non-ortho nitro benzene ring substituents is 1. The smallest absolute Gasteiger partial charge is 0.271 e. The van der Waals surface area contributed by atoms with Crippen LogP contribution in [-0.2, 0) is 0 Å². The van der Waals surface area contributed by atoms with Gasteiger partial charge in [0.25, 0.3) is 11.6 Å². The molecule has 8 nitrogen and oxygen atoms in total. The maximum Gasteiger partial charge on any atom is 0.271 e. The molecule has 3 rings (SSSR count). The first-order chi connectivity index (χ1) is 12.0. The summed E-state index contributed by atoms with van der Waals surface area (Å²) in [5.41, 5.74) is 0.698. The molecule has 0 aliphatic rings. The zero-order valence-electron chi connectivity index (χ0n) is 13.3. The third-order valence-corrected chi connectivity index (χ3v) is 4.40. The number of amides is 1. The Balaban J connectivity index is 1.91. The van der Waals surface area contributed by atoms with E-state index in [9.17, 15) is 14.9 Å². The van der Waals surface area contributed by atoms with Gasteiger partial charge in [0.15, 0.2) is 16.6 Å². The highest BCUT2D eigenvalue weighted by atomic mass is 32.1. The standard InChI is InChI=1S/C16H13N3O5S/c1-23-12-5-3-4-10(14(12)24-2)15(20)18-16-17-11-8-9(19(21)22)6-7-13(11)25-16/h3-8H,1-2H3,(H,17,18,20). The van der Waals surface area contributed by atoms with Crippen molar-refractivity contribution in [1.29, 1.82) is 0 Å². The van der Waals surface area contributed by atoms with Crippen molar-refractivity contribution in [2.24, 2.45) is 0 Å². The molecule has 9 heteroatoms. The Labute approximate surface area is 146 Å². The number of fused-ring (bicyclic) bond motifs is 1. The molecule has 0 aliphatic carbocycles. The Kier molecular flexibility index (Phi) is 4.48. The summed E-state index contributed by atoms with van der Waals surface area (Å²) in [6.07, 6.45) is 0. The average Bonchev–Trinajstić information content (AvgIpc) is 3.01. The van der Waals surface area contributed by atoms with Gasteiger partial charge < -0.3 is 9.47 Å². The van der Waals surface area contributed by atoms with Gasteiger partial charge in [-0.1, -0.05) is 17.4 Å². The number of carbonyl (C=O) groups is 1. The molecule has 1 heterocycles. The Morgan fingerprint density at radius 2 is 2.04 bits per heavy atom. The Morgan fingerprint density at radius 1 is 1.24 bits per heavy atom. The normalized spacial score (nSPS) is 10.5. The van der Waals surface area contributed by atoms with Crippen LogP contribution in [-0.4, -0.2) is 30.0 Å². The Hall–Kier alpha value is -3.20. The predicted octanol–water partition coefficient (Wildman–Crippen LogP) is 3.47. The third kappa shape index (κ3) is 3.22. The number of anilines is 1. The van der Waals surface area contributed by atoms with Crippen LogP contribution in [0.2, 0.25) is 0 Å². The number of nitro groups is 1. The van der Waals surface area contributed by atoms with Gasteiger partial charge in [-0.05, 0) is 18.2 Å². The minimum absolute atomic E-state index is 0.0508. The molecule has 0 atom stereocenters. The van der Waals surface area contributed by atoms with Crippen LogP contribution < -0.4 is 14.8 Å². The van der Waals surface area contributed by atoms with Crippen LogP contribution in [0.5, 0.6) is 11.5 Å². The van der Waals surface area contributed by atoms with Crippen LogP contribution in [0, 0.1) is 10.1 Å². The maximum atomic E-state index is 12.5. The van der Waals surface area contributed by atoms with Crippen LogP contribution in [0.25, 0.3) is 10.2 Å². The zero-order chi connectivity index (χ0) is 18.0.